The fraction of sp³-hybridized carbons (Fsp3) is 0.333. The highest BCUT2D eigenvalue weighted by molar-refractivity contribution is 7.09. The SMILES string of the molecule is Cl.O=C(O)c1csc([C@@H]2CNCCO[C@H]2c2ccc(Cl)c(Cl)c2)n1. The number of hydrogen-bond acceptors (Lipinski definition) is 5. The lowest BCUT2D eigenvalue weighted by Gasteiger charge is -2.23. The number of rotatable bonds is 3. The molecule has 1 fully saturated rings. The van der Waals surface area contributed by atoms with Crippen LogP contribution in [0, 0.1) is 0 Å². The van der Waals surface area contributed by atoms with Crippen LogP contribution < -0.4 is 5.32 Å². The minimum absolute atomic E-state index is 0. The Balaban J connectivity index is 0.00000208. The van der Waals surface area contributed by atoms with Gasteiger partial charge in [-0.1, -0.05) is 29.3 Å². The highest BCUT2D eigenvalue weighted by atomic mass is 35.5. The van der Waals surface area contributed by atoms with Crippen molar-refractivity contribution >= 4 is 52.9 Å². The number of carboxylic acid groups (broad SMARTS) is 1. The third-order valence-corrected chi connectivity index (χ3v) is 5.35. The summed E-state index contributed by atoms with van der Waals surface area (Å²) in [4.78, 5) is 15.3. The van der Waals surface area contributed by atoms with Crippen molar-refractivity contribution in [1.29, 1.82) is 0 Å². The number of aromatic nitrogens is 1. The van der Waals surface area contributed by atoms with E-state index in [1.807, 2.05) is 6.07 Å². The number of aromatic carboxylic acids is 1. The van der Waals surface area contributed by atoms with Crippen LogP contribution in [-0.2, 0) is 4.74 Å². The number of ether oxygens (including phenoxy) is 1. The van der Waals surface area contributed by atoms with Gasteiger partial charge in [0.15, 0.2) is 5.69 Å². The first-order valence-electron chi connectivity index (χ1n) is 7.02. The van der Waals surface area contributed by atoms with Gasteiger partial charge in [0.2, 0.25) is 0 Å². The first-order valence-corrected chi connectivity index (χ1v) is 8.66. The quantitative estimate of drug-likeness (QED) is 0.801. The number of carbonyl (C=O) groups is 1. The average molecular weight is 410 g/mol. The molecule has 1 aromatic carbocycles. The topological polar surface area (TPSA) is 71.5 Å². The number of hydrogen-bond donors (Lipinski definition) is 2. The van der Waals surface area contributed by atoms with Gasteiger partial charge < -0.3 is 15.2 Å². The van der Waals surface area contributed by atoms with E-state index in [1.165, 1.54) is 11.3 Å². The summed E-state index contributed by atoms with van der Waals surface area (Å²) in [7, 11) is 0. The zero-order valence-corrected chi connectivity index (χ0v) is 15.5. The lowest BCUT2D eigenvalue weighted by atomic mass is 9.96. The maximum absolute atomic E-state index is 11.1. The lowest BCUT2D eigenvalue weighted by Crippen LogP contribution is -2.23. The molecule has 2 atom stereocenters. The molecule has 1 saturated heterocycles. The van der Waals surface area contributed by atoms with E-state index in [-0.39, 0.29) is 30.1 Å². The van der Waals surface area contributed by atoms with Gasteiger partial charge in [-0.25, -0.2) is 9.78 Å². The summed E-state index contributed by atoms with van der Waals surface area (Å²) in [6.45, 7) is 1.93. The normalized spacial score (nSPS) is 20.9. The van der Waals surface area contributed by atoms with Crippen LogP contribution in [0.5, 0.6) is 0 Å². The van der Waals surface area contributed by atoms with Crippen molar-refractivity contribution < 1.29 is 14.6 Å². The van der Waals surface area contributed by atoms with E-state index in [0.29, 0.717) is 23.2 Å². The second kappa shape index (κ2) is 8.47. The first kappa shape index (κ1) is 19.4. The molecule has 2 N–H and O–H groups in total. The predicted molar refractivity (Wildman–Crippen MR) is 97.1 cm³/mol. The molecule has 5 nitrogen and oxygen atoms in total. The summed E-state index contributed by atoms with van der Waals surface area (Å²) in [5, 5.41) is 15.6. The third-order valence-electron chi connectivity index (χ3n) is 3.64. The molecule has 1 aliphatic rings. The Morgan fingerprint density at radius 2 is 2.17 bits per heavy atom. The van der Waals surface area contributed by atoms with Crippen molar-refractivity contribution in [3.8, 4) is 0 Å². The highest BCUT2D eigenvalue weighted by Crippen LogP contribution is 2.38. The molecular formula is C15H15Cl3N2O3S. The molecule has 3 rings (SSSR count). The zero-order valence-electron chi connectivity index (χ0n) is 12.4. The first-order chi connectivity index (χ1) is 11.1. The third kappa shape index (κ3) is 4.20. The van der Waals surface area contributed by atoms with Crippen molar-refractivity contribution in [3.05, 3.63) is 49.9 Å². The molecule has 9 heteroatoms. The van der Waals surface area contributed by atoms with E-state index in [0.717, 1.165) is 17.1 Å². The Kier molecular flexibility index (Phi) is 6.86. The number of nitrogens with zero attached hydrogens (tertiary/aromatic N) is 1. The van der Waals surface area contributed by atoms with Gasteiger partial charge in [0, 0.05) is 18.5 Å². The molecule has 0 spiro atoms. The second-order valence-corrected chi connectivity index (χ2v) is 6.86. The van der Waals surface area contributed by atoms with Gasteiger partial charge in [-0.3, -0.25) is 0 Å². The zero-order chi connectivity index (χ0) is 16.4. The average Bonchev–Trinajstić information content (AvgIpc) is 2.89. The Morgan fingerprint density at radius 3 is 2.83 bits per heavy atom. The Morgan fingerprint density at radius 1 is 1.38 bits per heavy atom. The smallest absolute Gasteiger partial charge is 0.355 e. The van der Waals surface area contributed by atoms with Crippen LogP contribution >= 0.6 is 46.9 Å². The molecule has 130 valence electrons. The molecule has 0 aliphatic carbocycles. The van der Waals surface area contributed by atoms with E-state index in [9.17, 15) is 4.79 Å². The van der Waals surface area contributed by atoms with Gasteiger partial charge in [-0.2, -0.15) is 0 Å². The number of thiazole rings is 1. The molecule has 24 heavy (non-hydrogen) atoms. The number of carboxylic acids is 1. The summed E-state index contributed by atoms with van der Waals surface area (Å²) in [6, 6.07) is 5.41. The molecule has 1 aromatic heterocycles. The van der Waals surface area contributed by atoms with Crippen LogP contribution in [0.1, 0.15) is 33.1 Å². The van der Waals surface area contributed by atoms with E-state index in [2.05, 4.69) is 10.3 Å². The monoisotopic (exact) mass is 408 g/mol. The summed E-state index contributed by atoms with van der Waals surface area (Å²) >= 11 is 13.4. The summed E-state index contributed by atoms with van der Waals surface area (Å²) in [5.41, 5.74) is 0.960. The highest BCUT2D eigenvalue weighted by Gasteiger charge is 2.30. The Bertz CT molecular complexity index is 726. The van der Waals surface area contributed by atoms with E-state index < -0.39 is 5.97 Å². The molecule has 0 saturated carbocycles. The Hall–Kier alpha value is -0.890. The van der Waals surface area contributed by atoms with Gasteiger partial charge in [-0.05, 0) is 17.7 Å². The van der Waals surface area contributed by atoms with Crippen molar-refractivity contribution in [2.75, 3.05) is 19.7 Å². The van der Waals surface area contributed by atoms with E-state index in [4.69, 9.17) is 33.0 Å². The van der Waals surface area contributed by atoms with Crippen molar-refractivity contribution in [2.45, 2.75) is 12.0 Å². The summed E-state index contributed by atoms with van der Waals surface area (Å²) in [5.74, 6) is -1.12. The van der Waals surface area contributed by atoms with Crippen LogP contribution in [0.2, 0.25) is 10.0 Å². The predicted octanol–water partition coefficient (Wildman–Crippen LogP) is 4.01. The fourth-order valence-electron chi connectivity index (χ4n) is 2.53. The van der Waals surface area contributed by atoms with Gasteiger partial charge in [-0.15, -0.1) is 23.7 Å². The standard InChI is InChI=1S/C15H14Cl2N2O3S.ClH/c16-10-2-1-8(5-11(10)17)13-9(6-18-3-4-22-13)14-19-12(7-23-14)15(20)21;/h1-2,5,7,9,13,18H,3-4,6H2,(H,20,21);1H/t9-,13+;/m1./s1. The molecule has 0 unspecified atom stereocenters. The largest absolute Gasteiger partial charge is 0.476 e. The minimum atomic E-state index is -1.03. The van der Waals surface area contributed by atoms with Crippen LogP contribution in [-0.4, -0.2) is 35.8 Å². The molecule has 1 aliphatic heterocycles. The van der Waals surface area contributed by atoms with Crippen LogP contribution in [0.3, 0.4) is 0 Å². The summed E-state index contributed by atoms with van der Waals surface area (Å²) < 4.78 is 5.98. The van der Waals surface area contributed by atoms with E-state index in [1.54, 1.807) is 17.5 Å². The molecule has 2 heterocycles. The molecule has 0 amide bonds. The van der Waals surface area contributed by atoms with Crippen molar-refractivity contribution in [3.63, 3.8) is 0 Å². The van der Waals surface area contributed by atoms with E-state index >= 15 is 0 Å². The Labute approximate surface area is 159 Å². The van der Waals surface area contributed by atoms with Crippen LogP contribution in [0.25, 0.3) is 0 Å². The van der Waals surface area contributed by atoms with Gasteiger partial charge in [0.25, 0.3) is 0 Å². The van der Waals surface area contributed by atoms with Gasteiger partial charge in [0.05, 0.1) is 28.7 Å². The maximum atomic E-state index is 11.1. The fourth-order valence-corrected chi connectivity index (χ4v) is 3.75. The molecule has 0 radical (unpaired) electrons. The maximum Gasteiger partial charge on any atom is 0.355 e. The number of benzene rings is 1. The molecule has 2 aromatic rings. The minimum Gasteiger partial charge on any atom is -0.476 e. The number of halogens is 3. The van der Waals surface area contributed by atoms with Crippen LogP contribution in [0.4, 0.5) is 0 Å². The summed E-state index contributed by atoms with van der Waals surface area (Å²) in [6.07, 6.45) is -0.257. The van der Waals surface area contributed by atoms with Crippen LogP contribution in [0.15, 0.2) is 23.6 Å². The second-order valence-electron chi connectivity index (χ2n) is 5.15. The van der Waals surface area contributed by atoms with Crippen molar-refractivity contribution in [1.82, 2.24) is 10.3 Å². The van der Waals surface area contributed by atoms with Gasteiger partial charge >= 0.3 is 5.97 Å². The van der Waals surface area contributed by atoms with Crippen molar-refractivity contribution in [2.24, 2.45) is 0 Å². The van der Waals surface area contributed by atoms with Gasteiger partial charge in [0.1, 0.15) is 5.01 Å². The molecular weight excluding hydrogens is 395 g/mol. The number of nitrogens with one attached hydrogen (secondary N) is 1. The molecule has 0 bridgehead atoms. The lowest BCUT2D eigenvalue weighted by molar-refractivity contribution is 0.0512.